The van der Waals surface area contributed by atoms with E-state index in [0.29, 0.717) is 18.7 Å². The molecule has 33 heavy (non-hydrogen) atoms. The van der Waals surface area contributed by atoms with Crippen molar-refractivity contribution in [1.82, 2.24) is 35.1 Å². The molecule has 0 saturated carbocycles. The number of allylic oxidation sites excluding steroid dienone is 5. The predicted molar refractivity (Wildman–Crippen MR) is 121 cm³/mol. The van der Waals surface area contributed by atoms with Crippen molar-refractivity contribution in [3.63, 3.8) is 0 Å². The largest absolute Gasteiger partial charge is 0.411 e. The number of nitrogens with zero attached hydrogens (tertiary/aromatic N) is 7. The van der Waals surface area contributed by atoms with Gasteiger partial charge in [-0.25, -0.2) is 9.99 Å². The van der Waals surface area contributed by atoms with Crippen molar-refractivity contribution in [1.29, 1.82) is 0 Å². The number of imidazole rings is 1. The Morgan fingerprint density at radius 3 is 3.03 bits per heavy atom. The van der Waals surface area contributed by atoms with E-state index in [9.17, 15) is 4.79 Å². The first-order valence-electron chi connectivity index (χ1n) is 10.6. The molecule has 10 nitrogen and oxygen atoms in total. The molecular formula is C23H22N8O2. The summed E-state index contributed by atoms with van der Waals surface area (Å²) < 4.78 is 5.66. The van der Waals surface area contributed by atoms with Gasteiger partial charge in [0.1, 0.15) is 11.7 Å². The molecule has 10 heteroatoms. The minimum Gasteiger partial charge on any atom is -0.411 e. The van der Waals surface area contributed by atoms with Gasteiger partial charge < -0.3 is 14.3 Å². The molecule has 0 saturated heterocycles. The second-order valence-electron chi connectivity index (χ2n) is 7.54. The van der Waals surface area contributed by atoms with Crippen molar-refractivity contribution < 1.29 is 9.21 Å². The highest BCUT2D eigenvalue weighted by atomic mass is 16.4. The molecule has 5 rings (SSSR count). The molecule has 166 valence electrons. The summed E-state index contributed by atoms with van der Waals surface area (Å²) in [5.74, 6) is -0.286. The molecule has 0 aromatic carbocycles. The van der Waals surface area contributed by atoms with Gasteiger partial charge in [-0.15, -0.1) is 10.2 Å². The number of aromatic nitrogens is 5. The summed E-state index contributed by atoms with van der Waals surface area (Å²) in [4.78, 5) is 26.9. The van der Waals surface area contributed by atoms with Gasteiger partial charge in [-0.05, 0) is 38.1 Å². The van der Waals surface area contributed by atoms with Gasteiger partial charge in [0.2, 0.25) is 0 Å². The first kappa shape index (κ1) is 20.6. The summed E-state index contributed by atoms with van der Waals surface area (Å²) in [6.07, 6.45) is 13.5. The Morgan fingerprint density at radius 1 is 1.30 bits per heavy atom. The van der Waals surface area contributed by atoms with Crippen LogP contribution in [0.5, 0.6) is 0 Å². The summed E-state index contributed by atoms with van der Waals surface area (Å²) in [7, 11) is 0. The molecule has 0 fully saturated rings. The fourth-order valence-electron chi connectivity index (χ4n) is 3.85. The predicted octanol–water partition coefficient (Wildman–Crippen LogP) is 3.26. The standard InChI is InChI=1S/C23H22N8O2/c1-3-16-8-6-7-15(2)31(16)27-13-19-20-17(25-14-26-20)10-12-30(19)23(32)22-29-28-21(33-22)18-9-4-5-11-24-18/h3-9,11,13-14,19H,10,12H2,1-2H3,(H,25,26)/b16-3-,27-13+/t19-/m0/s1. The quantitative estimate of drug-likeness (QED) is 0.617. The van der Waals surface area contributed by atoms with Crippen LogP contribution in [0.4, 0.5) is 0 Å². The Balaban J connectivity index is 1.45. The van der Waals surface area contributed by atoms with Crippen LogP contribution in [-0.2, 0) is 6.42 Å². The number of hydrogen-bond donors (Lipinski definition) is 1. The van der Waals surface area contributed by atoms with Gasteiger partial charge in [0, 0.05) is 30.6 Å². The first-order valence-corrected chi connectivity index (χ1v) is 10.6. The number of hydrazone groups is 1. The van der Waals surface area contributed by atoms with E-state index in [1.807, 2.05) is 49.2 Å². The second-order valence-corrected chi connectivity index (χ2v) is 7.54. The second kappa shape index (κ2) is 8.65. The van der Waals surface area contributed by atoms with Gasteiger partial charge in [-0.1, -0.05) is 18.2 Å². The Hall–Kier alpha value is -4.34. The van der Waals surface area contributed by atoms with E-state index in [2.05, 4.69) is 25.1 Å². The lowest BCUT2D eigenvalue weighted by molar-refractivity contribution is 0.0672. The summed E-state index contributed by atoms with van der Waals surface area (Å²) in [6.45, 7) is 4.39. The zero-order valence-corrected chi connectivity index (χ0v) is 18.2. The summed E-state index contributed by atoms with van der Waals surface area (Å²) in [5, 5.41) is 14.5. The smallest absolute Gasteiger partial charge is 0.312 e. The number of H-pyrrole nitrogens is 1. The lowest BCUT2D eigenvalue weighted by Crippen LogP contribution is -2.41. The Bertz CT molecular complexity index is 1280. The minimum atomic E-state index is -0.491. The average Bonchev–Trinajstić information content (AvgIpc) is 3.53. The zero-order chi connectivity index (χ0) is 22.8. The Labute approximate surface area is 190 Å². The lowest BCUT2D eigenvalue weighted by atomic mass is 10.0. The number of hydrogen-bond acceptors (Lipinski definition) is 8. The SMILES string of the molecule is C/C=C1/C=CC=C(C)N1/N=C/[C@H]1c2nc[nH]c2CCN1C(=O)c1nnc(-c2ccccn2)o1. The number of carbonyl (C=O) groups is 1. The van der Waals surface area contributed by atoms with Crippen LogP contribution in [0, 0.1) is 0 Å². The number of amides is 1. The molecular weight excluding hydrogens is 420 g/mol. The van der Waals surface area contributed by atoms with Crippen molar-refractivity contribution in [3.05, 3.63) is 83.7 Å². The highest BCUT2D eigenvalue weighted by molar-refractivity contribution is 5.92. The molecule has 3 aromatic heterocycles. The number of pyridine rings is 1. The van der Waals surface area contributed by atoms with Crippen molar-refractivity contribution in [2.75, 3.05) is 6.54 Å². The number of aromatic amines is 1. The molecule has 2 aliphatic heterocycles. The van der Waals surface area contributed by atoms with E-state index >= 15 is 0 Å². The monoisotopic (exact) mass is 442 g/mol. The van der Waals surface area contributed by atoms with Gasteiger partial charge in [0.15, 0.2) is 0 Å². The highest BCUT2D eigenvalue weighted by Crippen LogP contribution is 2.29. The fraction of sp³-hybridized carbons (Fsp3) is 0.217. The molecule has 1 amide bonds. The zero-order valence-electron chi connectivity index (χ0n) is 18.2. The van der Waals surface area contributed by atoms with E-state index in [-0.39, 0.29) is 17.7 Å². The molecule has 3 aromatic rings. The Kier molecular flexibility index (Phi) is 5.39. The van der Waals surface area contributed by atoms with E-state index in [1.165, 1.54) is 0 Å². The van der Waals surface area contributed by atoms with Crippen LogP contribution in [0.15, 0.2) is 75.9 Å². The van der Waals surface area contributed by atoms with Gasteiger partial charge in [0.05, 0.1) is 23.9 Å². The van der Waals surface area contributed by atoms with Crippen molar-refractivity contribution in [3.8, 4) is 11.6 Å². The number of rotatable bonds is 4. The van der Waals surface area contributed by atoms with Crippen molar-refractivity contribution >= 4 is 12.1 Å². The van der Waals surface area contributed by atoms with E-state index in [0.717, 1.165) is 22.8 Å². The maximum Gasteiger partial charge on any atom is 0.312 e. The molecule has 0 spiro atoms. The molecule has 0 aliphatic carbocycles. The fourth-order valence-corrected chi connectivity index (χ4v) is 3.85. The lowest BCUT2D eigenvalue weighted by Gasteiger charge is -2.32. The number of carbonyl (C=O) groups excluding carboxylic acids is 1. The van der Waals surface area contributed by atoms with Crippen LogP contribution < -0.4 is 0 Å². The van der Waals surface area contributed by atoms with Crippen LogP contribution in [0.3, 0.4) is 0 Å². The maximum absolute atomic E-state index is 13.4. The topological polar surface area (TPSA) is 116 Å². The molecule has 0 radical (unpaired) electrons. The third kappa shape index (κ3) is 3.86. The van der Waals surface area contributed by atoms with Crippen molar-refractivity contribution in [2.45, 2.75) is 26.3 Å². The van der Waals surface area contributed by atoms with Gasteiger partial charge >= 0.3 is 11.8 Å². The minimum absolute atomic E-state index is 0.0980. The molecule has 2 aliphatic rings. The van der Waals surface area contributed by atoms with Crippen LogP contribution in [0.1, 0.15) is 42.0 Å². The van der Waals surface area contributed by atoms with Crippen LogP contribution in [0.25, 0.3) is 11.6 Å². The van der Waals surface area contributed by atoms with Crippen LogP contribution in [-0.4, -0.2) is 53.7 Å². The normalized spacial score (nSPS) is 19.3. The molecule has 1 atom stereocenters. The van der Waals surface area contributed by atoms with Gasteiger partial charge in [0.25, 0.3) is 5.89 Å². The van der Waals surface area contributed by atoms with E-state index < -0.39 is 6.04 Å². The summed E-state index contributed by atoms with van der Waals surface area (Å²) >= 11 is 0. The van der Waals surface area contributed by atoms with Gasteiger partial charge in [-0.2, -0.15) is 5.10 Å². The number of nitrogens with one attached hydrogen (secondary N) is 1. The maximum atomic E-state index is 13.4. The van der Waals surface area contributed by atoms with E-state index in [1.54, 1.807) is 35.8 Å². The van der Waals surface area contributed by atoms with E-state index in [4.69, 9.17) is 9.52 Å². The first-order chi connectivity index (χ1) is 16.2. The van der Waals surface area contributed by atoms with Crippen LogP contribution >= 0.6 is 0 Å². The molecule has 5 heterocycles. The summed E-state index contributed by atoms with van der Waals surface area (Å²) in [6, 6.07) is 4.86. The van der Waals surface area contributed by atoms with Gasteiger partial charge in [-0.3, -0.25) is 9.78 Å². The third-order valence-corrected chi connectivity index (χ3v) is 5.53. The summed E-state index contributed by atoms with van der Waals surface area (Å²) in [5.41, 5.74) is 4.15. The highest BCUT2D eigenvalue weighted by Gasteiger charge is 2.35. The molecule has 1 N–H and O–H groups in total. The van der Waals surface area contributed by atoms with Crippen LogP contribution in [0.2, 0.25) is 0 Å². The Morgan fingerprint density at radius 2 is 2.21 bits per heavy atom. The molecule has 0 unspecified atom stereocenters. The molecule has 0 bridgehead atoms. The van der Waals surface area contributed by atoms with Crippen molar-refractivity contribution in [2.24, 2.45) is 5.10 Å². The average molecular weight is 442 g/mol. The third-order valence-electron chi connectivity index (χ3n) is 5.53. The number of fused-ring (bicyclic) bond motifs is 1.